The van der Waals surface area contributed by atoms with Crippen LogP contribution in [0.25, 0.3) is 0 Å². The molecule has 1 aromatic rings. The van der Waals surface area contributed by atoms with Crippen molar-refractivity contribution in [1.82, 2.24) is 10.6 Å². The average molecular weight is 362 g/mol. The first kappa shape index (κ1) is 18.6. The van der Waals surface area contributed by atoms with Gasteiger partial charge in [0, 0.05) is 5.56 Å². The summed E-state index contributed by atoms with van der Waals surface area (Å²) in [4.78, 5) is 13.3. The second kappa shape index (κ2) is 8.41. The first-order valence-electron chi connectivity index (χ1n) is 7.54. The minimum atomic E-state index is -4.49. The molecule has 0 radical (unpaired) electrons. The highest BCUT2D eigenvalue weighted by molar-refractivity contribution is 7.80. The maximum absolute atomic E-state index is 12.7. The Bertz CT molecular complexity index is 590. The van der Waals surface area contributed by atoms with Gasteiger partial charge in [-0.15, -0.1) is 0 Å². The Morgan fingerprint density at radius 3 is 2.67 bits per heavy atom. The molecule has 1 amide bonds. The van der Waals surface area contributed by atoms with Crippen molar-refractivity contribution in [3.05, 3.63) is 35.4 Å². The van der Waals surface area contributed by atoms with Gasteiger partial charge in [0.15, 0.2) is 5.11 Å². The van der Waals surface area contributed by atoms with Crippen LogP contribution in [0.1, 0.15) is 15.9 Å². The maximum atomic E-state index is 12.7. The molecule has 0 spiro atoms. The fraction of sp³-hybridized carbons (Fsp3) is 0.467. The molecule has 0 aliphatic carbocycles. The fourth-order valence-electron chi connectivity index (χ4n) is 2.32. The summed E-state index contributed by atoms with van der Waals surface area (Å²) >= 11 is 5.00. The van der Waals surface area contributed by atoms with Crippen molar-refractivity contribution in [3.8, 4) is 0 Å². The summed E-state index contributed by atoms with van der Waals surface area (Å²) in [6.45, 7) is 4.69. The Kier molecular flexibility index (Phi) is 6.52. The van der Waals surface area contributed by atoms with Gasteiger partial charge in [0.1, 0.15) is 13.1 Å². The molecular formula is C15H19F3N3O2S+. The number of benzene rings is 1. The van der Waals surface area contributed by atoms with Crippen molar-refractivity contribution in [2.24, 2.45) is 0 Å². The lowest BCUT2D eigenvalue weighted by Crippen LogP contribution is -3.14. The van der Waals surface area contributed by atoms with Gasteiger partial charge in [-0.3, -0.25) is 10.1 Å². The summed E-state index contributed by atoms with van der Waals surface area (Å²) in [5, 5.41) is 5.39. The Hall–Kier alpha value is -1.71. The van der Waals surface area contributed by atoms with Gasteiger partial charge in [-0.1, -0.05) is 6.07 Å². The van der Waals surface area contributed by atoms with Crippen LogP contribution in [0.4, 0.5) is 13.2 Å². The summed E-state index contributed by atoms with van der Waals surface area (Å²) in [6, 6.07) is 4.22. The van der Waals surface area contributed by atoms with E-state index in [1.807, 2.05) is 0 Å². The lowest BCUT2D eigenvalue weighted by Gasteiger charge is -2.23. The third-order valence-electron chi connectivity index (χ3n) is 3.64. The largest absolute Gasteiger partial charge is 0.416 e. The highest BCUT2D eigenvalue weighted by Crippen LogP contribution is 2.29. The molecule has 1 fully saturated rings. The van der Waals surface area contributed by atoms with Crippen LogP contribution in [0.3, 0.4) is 0 Å². The fourth-order valence-corrected chi connectivity index (χ4v) is 2.51. The van der Waals surface area contributed by atoms with E-state index in [-0.39, 0.29) is 10.7 Å². The van der Waals surface area contributed by atoms with Gasteiger partial charge in [-0.2, -0.15) is 13.2 Å². The number of halogens is 3. The number of ether oxygens (including phenoxy) is 1. The van der Waals surface area contributed by atoms with E-state index in [9.17, 15) is 18.0 Å². The van der Waals surface area contributed by atoms with Gasteiger partial charge in [0.2, 0.25) is 0 Å². The average Bonchev–Trinajstić information content (AvgIpc) is 2.55. The Labute approximate surface area is 143 Å². The molecule has 1 saturated heterocycles. The molecule has 5 nitrogen and oxygen atoms in total. The van der Waals surface area contributed by atoms with Crippen LogP contribution in [0.2, 0.25) is 0 Å². The highest BCUT2D eigenvalue weighted by Gasteiger charge is 2.30. The number of hydrogen-bond acceptors (Lipinski definition) is 3. The van der Waals surface area contributed by atoms with Crippen LogP contribution in [-0.2, 0) is 10.9 Å². The van der Waals surface area contributed by atoms with Crippen LogP contribution < -0.4 is 15.5 Å². The lowest BCUT2D eigenvalue weighted by molar-refractivity contribution is -0.906. The molecule has 0 bridgehead atoms. The molecule has 132 valence electrons. The number of amides is 1. The molecule has 0 saturated carbocycles. The topological polar surface area (TPSA) is 54.8 Å². The molecular weight excluding hydrogens is 343 g/mol. The highest BCUT2D eigenvalue weighted by atomic mass is 32.1. The first-order chi connectivity index (χ1) is 11.4. The Balaban J connectivity index is 1.80. The van der Waals surface area contributed by atoms with Crippen molar-refractivity contribution >= 4 is 23.2 Å². The summed E-state index contributed by atoms with van der Waals surface area (Å²) in [5.74, 6) is -0.669. The predicted molar refractivity (Wildman–Crippen MR) is 85.9 cm³/mol. The molecule has 2 rings (SSSR count). The summed E-state index contributed by atoms with van der Waals surface area (Å²) in [5.41, 5.74) is -0.960. The van der Waals surface area contributed by atoms with Gasteiger partial charge in [0.05, 0.1) is 31.9 Å². The number of carbonyl (C=O) groups excluding carboxylic acids is 1. The number of thiocarbonyl (C=S) groups is 1. The number of alkyl halides is 3. The molecule has 9 heteroatoms. The Morgan fingerprint density at radius 1 is 1.29 bits per heavy atom. The second-order valence-electron chi connectivity index (χ2n) is 5.40. The van der Waals surface area contributed by atoms with Crippen molar-refractivity contribution in [1.29, 1.82) is 0 Å². The van der Waals surface area contributed by atoms with E-state index in [1.54, 1.807) is 0 Å². The van der Waals surface area contributed by atoms with Crippen LogP contribution in [0, 0.1) is 0 Å². The molecule has 0 aromatic heterocycles. The molecule has 1 heterocycles. The van der Waals surface area contributed by atoms with Gasteiger partial charge in [-0.05, 0) is 30.4 Å². The van der Waals surface area contributed by atoms with E-state index in [2.05, 4.69) is 10.6 Å². The van der Waals surface area contributed by atoms with Crippen molar-refractivity contribution in [3.63, 3.8) is 0 Å². The normalized spacial score (nSPS) is 15.8. The van der Waals surface area contributed by atoms with E-state index in [0.29, 0.717) is 6.54 Å². The molecule has 24 heavy (non-hydrogen) atoms. The second-order valence-corrected chi connectivity index (χ2v) is 5.81. The van der Waals surface area contributed by atoms with Crippen LogP contribution >= 0.6 is 12.2 Å². The number of rotatable bonds is 4. The van der Waals surface area contributed by atoms with Gasteiger partial charge >= 0.3 is 6.18 Å². The number of hydrogen-bond donors (Lipinski definition) is 3. The molecule has 0 atom stereocenters. The van der Waals surface area contributed by atoms with E-state index in [0.717, 1.165) is 45.0 Å². The minimum Gasteiger partial charge on any atom is -0.370 e. The summed E-state index contributed by atoms with van der Waals surface area (Å²) in [7, 11) is 0. The van der Waals surface area contributed by atoms with Gasteiger partial charge in [-0.25, -0.2) is 0 Å². The van der Waals surface area contributed by atoms with E-state index in [4.69, 9.17) is 17.0 Å². The zero-order valence-corrected chi connectivity index (χ0v) is 13.7. The van der Waals surface area contributed by atoms with E-state index < -0.39 is 17.6 Å². The smallest absolute Gasteiger partial charge is 0.370 e. The van der Waals surface area contributed by atoms with Gasteiger partial charge in [0.25, 0.3) is 5.91 Å². The molecule has 0 unspecified atom stereocenters. The maximum Gasteiger partial charge on any atom is 0.416 e. The summed E-state index contributed by atoms with van der Waals surface area (Å²) in [6.07, 6.45) is -4.49. The molecule has 3 N–H and O–H groups in total. The third-order valence-corrected chi connectivity index (χ3v) is 3.89. The quantitative estimate of drug-likeness (QED) is 0.671. The first-order valence-corrected chi connectivity index (χ1v) is 7.95. The molecule has 1 aliphatic heterocycles. The third kappa shape index (κ3) is 5.73. The predicted octanol–water partition coefficient (Wildman–Crippen LogP) is 0.225. The van der Waals surface area contributed by atoms with Crippen molar-refractivity contribution < 1.29 is 27.6 Å². The SMILES string of the molecule is O=C(NC(=S)NCC[NH+]1CCOCC1)c1cccc(C(F)(F)F)c1. The van der Waals surface area contributed by atoms with Crippen molar-refractivity contribution in [2.75, 3.05) is 39.4 Å². The lowest BCUT2D eigenvalue weighted by atomic mass is 10.1. The zero-order chi connectivity index (χ0) is 17.6. The van der Waals surface area contributed by atoms with Crippen LogP contribution in [0.5, 0.6) is 0 Å². The standard InChI is InChI=1S/C15H18F3N3O2S/c16-15(17,18)12-3-1-2-11(10-12)13(22)20-14(24)19-4-5-21-6-8-23-9-7-21/h1-3,10H,4-9H2,(H2,19,20,22,24)/p+1. The number of quaternary nitrogens is 1. The van der Waals surface area contributed by atoms with Gasteiger partial charge < -0.3 is 15.0 Å². The van der Waals surface area contributed by atoms with Crippen LogP contribution in [-0.4, -0.2) is 50.4 Å². The number of carbonyl (C=O) groups is 1. The molecule has 1 aliphatic rings. The minimum absolute atomic E-state index is 0.0900. The zero-order valence-electron chi connectivity index (χ0n) is 12.9. The van der Waals surface area contributed by atoms with Crippen LogP contribution in [0.15, 0.2) is 24.3 Å². The van der Waals surface area contributed by atoms with E-state index >= 15 is 0 Å². The summed E-state index contributed by atoms with van der Waals surface area (Å²) < 4.78 is 43.2. The number of nitrogens with one attached hydrogen (secondary N) is 3. The van der Waals surface area contributed by atoms with Crippen molar-refractivity contribution in [2.45, 2.75) is 6.18 Å². The number of morpholine rings is 1. The van der Waals surface area contributed by atoms with E-state index in [1.165, 1.54) is 17.0 Å². The monoisotopic (exact) mass is 362 g/mol. The molecule has 1 aromatic carbocycles. The Morgan fingerprint density at radius 2 is 2.00 bits per heavy atom.